The Labute approximate surface area is 173 Å². The van der Waals surface area contributed by atoms with Gasteiger partial charge in [0, 0.05) is 21.3 Å². The van der Waals surface area contributed by atoms with Crippen molar-refractivity contribution in [2.45, 2.75) is 26.4 Å². The van der Waals surface area contributed by atoms with Crippen LogP contribution in [0.1, 0.15) is 24.5 Å². The molecule has 0 saturated carbocycles. The molecule has 1 aliphatic rings. The Kier molecular flexibility index (Phi) is 6.90. The molecule has 2 aromatic carbocycles. The minimum absolute atomic E-state index is 0.130. The van der Waals surface area contributed by atoms with Gasteiger partial charge in [0.15, 0.2) is 0 Å². The van der Waals surface area contributed by atoms with Gasteiger partial charge in [-0.3, -0.25) is 10.1 Å². The predicted octanol–water partition coefficient (Wildman–Crippen LogP) is 3.96. The lowest BCUT2D eigenvalue weighted by Crippen LogP contribution is -2.33. The molecule has 3 rings (SSSR count). The molecule has 0 bridgehead atoms. The van der Waals surface area contributed by atoms with Crippen molar-refractivity contribution in [1.82, 2.24) is 10.7 Å². The molecule has 0 aromatic heterocycles. The van der Waals surface area contributed by atoms with Crippen LogP contribution in [-0.2, 0) is 17.8 Å². The van der Waals surface area contributed by atoms with Crippen LogP contribution in [0.5, 0.6) is 5.75 Å². The highest BCUT2D eigenvalue weighted by Gasteiger charge is 2.11. The van der Waals surface area contributed by atoms with Gasteiger partial charge in [0.25, 0.3) is 0 Å². The zero-order chi connectivity index (χ0) is 19.9. The number of aliphatic imine (C=N–C) groups is 1. The second kappa shape index (κ2) is 9.57. The Bertz CT molecular complexity index is 891. The second-order valence-electron chi connectivity index (χ2n) is 6.30. The van der Waals surface area contributed by atoms with Crippen molar-refractivity contribution in [1.29, 1.82) is 0 Å². The van der Waals surface area contributed by atoms with Gasteiger partial charge >= 0.3 is 0 Å². The molecule has 1 amide bonds. The summed E-state index contributed by atoms with van der Waals surface area (Å²) in [6.07, 6.45) is 1.62. The summed E-state index contributed by atoms with van der Waals surface area (Å²) in [5, 5.41) is 7.99. The minimum atomic E-state index is -0.130. The fourth-order valence-corrected chi connectivity index (χ4v) is 3.04. The third-order valence-corrected chi connectivity index (χ3v) is 4.84. The average molecular weight is 419 g/mol. The van der Waals surface area contributed by atoms with Crippen molar-refractivity contribution in [3.63, 3.8) is 0 Å². The minimum Gasteiger partial charge on any atom is -0.489 e. The van der Waals surface area contributed by atoms with Gasteiger partial charge in [-0.25, -0.2) is 10.4 Å². The maximum Gasteiger partial charge on any atom is 0.248 e. The van der Waals surface area contributed by atoms with Crippen LogP contribution in [0.3, 0.4) is 0 Å². The third-order valence-electron chi connectivity index (χ3n) is 4.13. The van der Waals surface area contributed by atoms with Crippen LogP contribution in [0.2, 0.25) is 10.0 Å². The summed E-state index contributed by atoms with van der Waals surface area (Å²) in [4.78, 5) is 15.0. The van der Waals surface area contributed by atoms with Crippen molar-refractivity contribution >= 4 is 40.8 Å². The number of rotatable bonds is 7. The molecule has 146 valence electrons. The number of hydrogen-bond acceptors (Lipinski definition) is 5. The van der Waals surface area contributed by atoms with E-state index in [1.807, 2.05) is 31.2 Å². The van der Waals surface area contributed by atoms with Crippen molar-refractivity contribution in [3.05, 3.63) is 63.6 Å². The van der Waals surface area contributed by atoms with E-state index in [9.17, 15) is 4.79 Å². The topological polar surface area (TPSA) is 75.1 Å². The van der Waals surface area contributed by atoms with Crippen molar-refractivity contribution in [2.24, 2.45) is 10.1 Å². The normalized spacial score (nSPS) is 13.9. The number of carbonyl (C=O) groups is 1. The molecule has 0 spiro atoms. The lowest BCUT2D eigenvalue weighted by atomic mass is 10.1. The average Bonchev–Trinajstić information content (AvgIpc) is 3.10. The van der Waals surface area contributed by atoms with E-state index < -0.39 is 0 Å². The maximum atomic E-state index is 11.1. The van der Waals surface area contributed by atoms with E-state index in [1.54, 1.807) is 18.2 Å². The van der Waals surface area contributed by atoms with Gasteiger partial charge in [0.1, 0.15) is 18.9 Å². The first-order valence-corrected chi connectivity index (χ1v) is 9.55. The molecular weight excluding hydrogens is 399 g/mol. The number of nitrogens with one attached hydrogen (secondary N) is 2. The first-order chi connectivity index (χ1) is 13.5. The van der Waals surface area contributed by atoms with E-state index in [2.05, 4.69) is 20.8 Å². The summed E-state index contributed by atoms with van der Waals surface area (Å²) in [6, 6.07) is 13.3. The standard InChI is InChI=1S/C20H20Cl2N4O2/c1-13(25-26-20-23-11-19(27)24-20)5-6-14-7-9-15(10-8-14)28-12-16-17(21)3-2-4-18(16)22/h2-4,7-10H,5-6,11-12H2,1H3,(H2,23,24,26,27)/b25-13+. The van der Waals surface area contributed by atoms with E-state index in [-0.39, 0.29) is 12.5 Å². The fraction of sp³-hybridized carbons (Fsp3) is 0.250. The number of benzene rings is 2. The lowest BCUT2D eigenvalue weighted by molar-refractivity contribution is -0.117. The third kappa shape index (κ3) is 5.71. The lowest BCUT2D eigenvalue weighted by Gasteiger charge is -2.10. The van der Waals surface area contributed by atoms with Gasteiger partial charge < -0.3 is 4.74 Å². The Morgan fingerprint density at radius 1 is 1.21 bits per heavy atom. The molecule has 0 atom stereocenters. The number of amides is 1. The van der Waals surface area contributed by atoms with Gasteiger partial charge in [0.2, 0.25) is 11.9 Å². The molecule has 0 radical (unpaired) electrons. The van der Waals surface area contributed by atoms with E-state index in [1.165, 1.54) is 5.56 Å². The molecule has 6 nitrogen and oxygen atoms in total. The van der Waals surface area contributed by atoms with E-state index in [4.69, 9.17) is 27.9 Å². The van der Waals surface area contributed by atoms with Gasteiger partial charge in [0.05, 0.1) is 0 Å². The van der Waals surface area contributed by atoms with Crippen molar-refractivity contribution in [3.8, 4) is 5.75 Å². The number of guanidine groups is 1. The summed E-state index contributed by atoms with van der Waals surface area (Å²) < 4.78 is 5.79. The number of ether oxygens (including phenoxy) is 1. The quantitative estimate of drug-likeness (QED) is 0.527. The zero-order valence-electron chi connectivity index (χ0n) is 15.3. The molecule has 0 aliphatic carbocycles. The molecular formula is C20H20Cl2N4O2. The number of halogens is 2. The molecule has 0 unspecified atom stereocenters. The highest BCUT2D eigenvalue weighted by Crippen LogP contribution is 2.26. The molecule has 8 heteroatoms. The number of carbonyl (C=O) groups excluding carboxylic acids is 1. The van der Waals surface area contributed by atoms with Gasteiger partial charge in [-0.1, -0.05) is 41.4 Å². The maximum absolute atomic E-state index is 11.1. The fourth-order valence-electron chi connectivity index (χ4n) is 2.53. The van der Waals surface area contributed by atoms with Crippen molar-refractivity contribution < 1.29 is 9.53 Å². The van der Waals surface area contributed by atoms with Crippen LogP contribution in [0.25, 0.3) is 0 Å². The highest BCUT2D eigenvalue weighted by molar-refractivity contribution is 6.35. The van der Waals surface area contributed by atoms with Crippen LogP contribution < -0.4 is 15.5 Å². The SMILES string of the molecule is C/C(CCc1ccc(OCc2c(Cl)cccc2Cl)cc1)=N\NC1=NCC(=O)N1. The summed E-state index contributed by atoms with van der Waals surface area (Å²) in [5.41, 5.74) is 5.62. The molecule has 28 heavy (non-hydrogen) atoms. The predicted molar refractivity (Wildman–Crippen MR) is 112 cm³/mol. The van der Waals surface area contributed by atoms with Gasteiger partial charge in [-0.15, -0.1) is 0 Å². The summed E-state index contributed by atoms with van der Waals surface area (Å²) >= 11 is 12.3. The number of hydrazone groups is 1. The molecule has 1 heterocycles. The first-order valence-electron chi connectivity index (χ1n) is 8.79. The van der Waals surface area contributed by atoms with E-state index in [0.29, 0.717) is 22.6 Å². The monoisotopic (exact) mass is 418 g/mol. The Morgan fingerprint density at radius 2 is 1.93 bits per heavy atom. The van der Waals surface area contributed by atoms with Crippen LogP contribution >= 0.6 is 23.2 Å². The zero-order valence-corrected chi connectivity index (χ0v) is 16.8. The second-order valence-corrected chi connectivity index (χ2v) is 7.12. The Morgan fingerprint density at radius 3 is 2.57 bits per heavy atom. The Hall–Kier alpha value is -2.57. The molecule has 1 aliphatic heterocycles. The van der Waals surface area contributed by atoms with E-state index in [0.717, 1.165) is 29.9 Å². The molecule has 2 N–H and O–H groups in total. The van der Waals surface area contributed by atoms with Gasteiger partial charge in [-0.2, -0.15) is 5.10 Å². The van der Waals surface area contributed by atoms with Crippen LogP contribution in [0, 0.1) is 0 Å². The molecule has 0 saturated heterocycles. The number of nitrogens with zero attached hydrogens (tertiary/aromatic N) is 2. The van der Waals surface area contributed by atoms with Gasteiger partial charge in [-0.05, 0) is 49.6 Å². The smallest absolute Gasteiger partial charge is 0.248 e. The molecule has 0 fully saturated rings. The summed E-state index contributed by atoms with van der Waals surface area (Å²) in [7, 11) is 0. The highest BCUT2D eigenvalue weighted by atomic mass is 35.5. The van der Waals surface area contributed by atoms with Crippen LogP contribution in [-0.4, -0.2) is 24.1 Å². The van der Waals surface area contributed by atoms with Crippen LogP contribution in [0.15, 0.2) is 52.6 Å². The largest absolute Gasteiger partial charge is 0.489 e. The Balaban J connectivity index is 1.47. The van der Waals surface area contributed by atoms with E-state index >= 15 is 0 Å². The summed E-state index contributed by atoms with van der Waals surface area (Å²) in [5.74, 6) is 1.01. The summed E-state index contributed by atoms with van der Waals surface area (Å²) in [6.45, 7) is 2.39. The number of hydrogen-bond donors (Lipinski definition) is 2. The number of aryl methyl sites for hydroxylation is 1. The first kappa shape index (κ1) is 20.2. The van der Waals surface area contributed by atoms with Crippen LogP contribution in [0.4, 0.5) is 0 Å². The van der Waals surface area contributed by atoms with Crippen molar-refractivity contribution in [2.75, 3.05) is 6.54 Å². The molecule has 2 aromatic rings.